The van der Waals surface area contributed by atoms with Crippen molar-refractivity contribution in [2.45, 2.75) is 89.4 Å². The molecule has 4 fully saturated rings. The van der Waals surface area contributed by atoms with E-state index < -0.39 is 11.4 Å². The summed E-state index contributed by atoms with van der Waals surface area (Å²) in [4.78, 5) is 33.8. The van der Waals surface area contributed by atoms with Crippen LogP contribution in [0.1, 0.15) is 64.9 Å². The smallest absolute Gasteiger partial charge is 0.410 e. The molecule has 2 bridgehead atoms. The van der Waals surface area contributed by atoms with Crippen LogP contribution in [0.5, 0.6) is 6.01 Å². The maximum absolute atomic E-state index is 16.5. The van der Waals surface area contributed by atoms with E-state index in [-0.39, 0.29) is 40.9 Å². The minimum atomic E-state index is -0.571. The number of nitrogens with zero attached hydrogens (tertiary/aromatic N) is 6. The molecule has 0 saturated carbocycles. The van der Waals surface area contributed by atoms with Gasteiger partial charge in [-0.15, -0.1) is 0 Å². The standard InChI is InChI=1S/C33H40ClFN6O3/c1-20-23(8-5-9-25(20)34)27-26(35)28-24(16-36-27)29(38-30(37-28)43-19-33-12-6-14-40(33)15-7-13-33)39-17-21-10-11-22(18-39)41(21)31(42)44-32(2,3)4/h5,8-9,16,21-22H,6-7,10-15,17-19H2,1-4H3/t21-,22+. The lowest BCUT2D eigenvalue weighted by Crippen LogP contribution is -2.57. The Balaban J connectivity index is 1.27. The fourth-order valence-corrected chi connectivity index (χ4v) is 7.90. The number of amides is 1. The van der Waals surface area contributed by atoms with Gasteiger partial charge in [0.25, 0.3) is 0 Å². The van der Waals surface area contributed by atoms with Crippen LogP contribution in [0.15, 0.2) is 24.4 Å². The molecule has 0 aliphatic carbocycles. The summed E-state index contributed by atoms with van der Waals surface area (Å²) in [5, 5.41) is 1.07. The van der Waals surface area contributed by atoms with Gasteiger partial charge in [-0.3, -0.25) is 14.8 Å². The van der Waals surface area contributed by atoms with Gasteiger partial charge in [0.15, 0.2) is 5.82 Å². The lowest BCUT2D eigenvalue weighted by atomic mass is 9.95. The second-order valence-electron chi connectivity index (χ2n) is 13.8. The minimum Gasteiger partial charge on any atom is -0.461 e. The third kappa shape index (κ3) is 5.13. The van der Waals surface area contributed by atoms with Crippen LogP contribution in [0.3, 0.4) is 0 Å². The molecule has 0 spiro atoms. The van der Waals surface area contributed by atoms with Crippen LogP contribution < -0.4 is 9.64 Å². The second-order valence-corrected chi connectivity index (χ2v) is 14.2. The van der Waals surface area contributed by atoms with Crippen LogP contribution in [0.4, 0.5) is 15.0 Å². The van der Waals surface area contributed by atoms with Crippen molar-refractivity contribution < 1.29 is 18.7 Å². The van der Waals surface area contributed by atoms with Crippen molar-refractivity contribution in [3.8, 4) is 17.3 Å². The van der Waals surface area contributed by atoms with Gasteiger partial charge in [-0.25, -0.2) is 9.18 Å². The monoisotopic (exact) mass is 622 g/mol. The number of piperazine rings is 1. The van der Waals surface area contributed by atoms with E-state index in [1.54, 1.807) is 18.3 Å². The van der Waals surface area contributed by atoms with Gasteiger partial charge in [-0.05, 0) is 90.9 Å². The Labute approximate surface area is 262 Å². The highest BCUT2D eigenvalue weighted by molar-refractivity contribution is 6.31. The molecule has 234 valence electrons. The van der Waals surface area contributed by atoms with E-state index in [0.717, 1.165) is 57.2 Å². The fraction of sp³-hybridized carbons (Fsp3) is 0.576. The van der Waals surface area contributed by atoms with E-state index in [1.807, 2.05) is 38.7 Å². The number of carbonyl (C=O) groups excluding carboxylic acids is 1. The largest absolute Gasteiger partial charge is 0.461 e. The molecule has 1 aromatic carbocycles. The number of anilines is 1. The number of ether oxygens (including phenoxy) is 2. The van der Waals surface area contributed by atoms with Crippen molar-refractivity contribution in [1.82, 2.24) is 24.8 Å². The van der Waals surface area contributed by atoms with Crippen LogP contribution >= 0.6 is 11.6 Å². The van der Waals surface area contributed by atoms with Crippen molar-refractivity contribution >= 4 is 34.4 Å². The zero-order valence-corrected chi connectivity index (χ0v) is 26.7. The third-order valence-electron chi connectivity index (χ3n) is 9.83. The molecule has 0 unspecified atom stereocenters. The predicted molar refractivity (Wildman–Crippen MR) is 168 cm³/mol. The molecule has 4 aliphatic heterocycles. The van der Waals surface area contributed by atoms with Gasteiger partial charge in [0.1, 0.15) is 29.2 Å². The van der Waals surface area contributed by atoms with Crippen LogP contribution in [-0.2, 0) is 4.74 Å². The Kier molecular flexibility index (Phi) is 7.35. The van der Waals surface area contributed by atoms with Gasteiger partial charge in [0, 0.05) is 29.9 Å². The first-order chi connectivity index (χ1) is 21.0. The fourth-order valence-electron chi connectivity index (χ4n) is 7.73. The molecule has 6 heterocycles. The molecule has 2 atom stereocenters. The SMILES string of the molecule is Cc1c(Cl)cccc1-c1ncc2c(N3C[C@H]4CC[C@@H](C3)N4C(=O)OC(C)(C)C)nc(OCC34CCCN3CCC4)nc2c1F. The molecular formula is C33H40ClFN6O3. The van der Waals surface area contributed by atoms with Crippen LogP contribution in [0, 0.1) is 12.7 Å². The first kappa shape index (κ1) is 29.5. The quantitative estimate of drug-likeness (QED) is 0.324. The van der Waals surface area contributed by atoms with E-state index in [1.165, 1.54) is 0 Å². The predicted octanol–water partition coefficient (Wildman–Crippen LogP) is 6.39. The number of carbonyl (C=O) groups is 1. The van der Waals surface area contributed by atoms with Crippen molar-refractivity contribution in [3.05, 3.63) is 40.8 Å². The third-order valence-corrected chi connectivity index (χ3v) is 10.2. The molecule has 44 heavy (non-hydrogen) atoms. The molecule has 0 radical (unpaired) electrons. The number of benzene rings is 1. The van der Waals surface area contributed by atoms with Crippen molar-refractivity contribution in [1.29, 1.82) is 0 Å². The van der Waals surface area contributed by atoms with E-state index in [9.17, 15) is 4.79 Å². The van der Waals surface area contributed by atoms with Gasteiger partial charge in [-0.1, -0.05) is 23.7 Å². The first-order valence-corrected chi connectivity index (χ1v) is 16.2. The number of rotatable bonds is 5. The Morgan fingerprint density at radius 2 is 1.82 bits per heavy atom. The minimum absolute atomic E-state index is 0.00349. The zero-order chi connectivity index (χ0) is 30.8. The highest BCUT2D eigenvalue weighted by Crippen LogP contribution is 2.41. The van der Waals surface area contributed by atoms with Gasteiger partial charge >= 0.3 is 12.1 Å². The normalized spacial score (nSPS) is 23.0. The van der Waals surface area contributed by atoms with E-state index in [4.69, 9.17) is 26.1 Å². The summed E-state index contributed by atoms with van der Waals surface area (Å²) in [7, 11) is 0. The van der Waals surface area contributed by atoms with Gasteiger partial charge < -0.3 is 14.4 Å². The Morgan fingerprint density at radius 3 is 2.50 bits per heavy atom. The molecule has 4 aliphatic rings. The molecular weight excluding hydrogens is 583 g/mol. The highest BCUT2D eigenvalue weighted by Gasteiger charge is 2.46. The zero-order valence-electron chi connectivity index (χ0n) is 25.9. The molecule has 11 heteroatoms. The summed E-state index contributed by atoms with van der Waals surface area (Å²) < 4.78 is 28.6. The number of fused-ring (bicyclic) bond motifs is 4. The van der Waals surface area contributed by atoms with Gasteiger partial charge in [-0.2, -0.15) is 9.97 Å². The van der Waals surface area contributed by atoms with Gasteiger partial charge in [0.2, 0.25) is 0 Å². The second kappa shape index (κ2) is 11.0. The lowest BCUT2D eigenvalue weighted by molar-refractivity contribution is 0.0122. The number of hydrogen-bond acceptors (Lipinski definition) is 8. The molecule has 0 N–H and O–H groups in total. The topological polar surface area (TPSA) is 83.9 Å². The highest BCUT2D eigenvalue weighted by atomic mass is 35.5. The Bertz CT molecular complexity index is 1590. The average molecular weight is 623 g/mol. The van der Waals surface area contributed by atoms with Gasteiger partial charge in [0.05, 0.1) is 23.0 Å². The van der Waals surface area contributed by atoms with Crippen LogP contribution in [0.2, 0.25) is 5.02 Å². The van der Waals surface area contributed by atoms with Crippen molar-refractivity contribution in [2.24, 2.45) is 0 Å². The summed E-state index contributed by atoms with van der Waals surface area (Å²) in [5.41, 5.74) is 1.16. The Morgan fingerprint density at radius 1 is 1.11 bits per heavy atom. The van der Waals surface area contributed by atoms with E-state index in [0.29, 0.717) is 41.5 Å². The lowest BCUT2D eigenvalue weighted by Gasteiger charge is -2.42. The molecule has 4 saturated heterocycles. The van der Waals surface area contributed by atoms with E-state index in [2.05, 4.69) is 19.8 Å². The molecule has 1 amide bonds. The average Bonchev–Trinajstić information content (AvgIpc) is 3.63. The van der Waals surface area contributed by atoms with Crippen LogP contribution in [0.25, 0.3) is 22.2 Å². The number of pyridine rings is 1. The molecule has 3 aromatic rings. The summed E-state index contributed by atoms with van der Waals surface area (Å²) in [6, 6.07) is 5.50. The number of hydrogen-bond donors (Lipinski definition) is 0. The Hall–Kier alpha value is -3.24. The number of aromatic nitrogens is 3. The first-order valence-electron chi connectivity index (χ1n) is 15.8. The molecule has 9 nitrogen and oxygen atoms in total. The maximum atomic E-state index is 16.5. The maximum Gasteiger partial charge on any atom is 0.410 e. The summed E-state index contributed by atoms with van der Waals surface area (Å²) in [6.45, 7) is 11.3. The summed E-state index contributed by atoms with van der Waals surface area (Å²) >= 11 is 6.39. The summed E-state index contributed by atoms with van der Waals surface area (Å²) in [5.74, 6) is 0.0527. The summed E-state index contributed by atoms with van der Waals surface area (Å²) in [6.07, 6.45) is 7.59. The molecule has 2 aromatic heterocycles. The van der Waals surface area contributed by atoms with E-state index >= 15 is 4.39 Å². The number of halogens is 2. The van der Waals surface area contributed by atoms with Crippen molar-refractivity contribution in [2.75, 3.05) is 37.7 Å². The van der Waals surface area contributed by atoms with Crippen molar-refractivity contribution in [3.63, 3.8) is 0 Å². The molecule has 7 rings (SSSR count). The van der Waals surface area contributed by atoms with Crippen LogP contribution in [-0.4, -0.2) is 86.9 Å².